The molecule has 3 rings (SSSR count). The van der Waals surface area contributed by atoms with E-state index in [0.717, 1.165) is 11.3 Å². The summed E-state index contributed by atoms with van der Waals surface area (Å²) < 4.78 is 10.1. The van der Waals surface area contributed by atoms with Crippen LogP contribution in [-0.2, 0) is 16.0 Å². The Balaban J connectivity index is 1.94. The minimum Gasteiger partial charge on any atom is -0.497 e. The van der Waals surface area contributed by atoms with Crippen molar-refractivity contribution in [3.8, 4) is 5.75 Å². The second-order valence-electron chi connectivity index (χ2n) is 6.21. The highest BCUT2D eigenvalue weighted by Crippen LogP contribution is 2.32. The number of hydrogen-bond donors (Lipinski definition) is 1. The van der Waals surface area contributed by atoms with E-state index in [2.05, 4.69) is 5.32 Å². The minimum absolute atomic E-state index is 0.0194. The van der Waals surface area contributed by atoms with Crippen molar-refractivity contribution in [1.29, 1.82) is 0 Å². The van der Waals surface area contributed by atoms with Crippen molar-refractivity contribution in [2.24, 2.45) is 0 Å². The van der Waals surface area contributed by atoms with E-state index < -0.39 is 16.9 Å². The minimum atomic E-state index is -0.650. The van der Waals surface area contributed by atoms with Gasteiger partial charge in [0, 0.05) is 23.6 Å². The number of carbonyl (C=O) groups is 1. The number of anilines is 1. The molecule has 3 aromatic carbocycles. The van der Waals surface area contributed by atoms with Crippen LogP contribution in [0.2, 0.25) is 0 Å². The molecule has 0 unspecified atom stereocenters. The van der Waals surface area contributed by atoms with E-state index in [0.29, 0.717) is 22.9 Å². The van der Waals surface area contributed by atoms with Gasteiger partial charge >= 0.3 is 5.97 Å². The molecule has 3 aromatic rings. The molecule has 0 spiro atoms. The van der Waals surface area contributed by atoms with E-state index >= 15 is 0 Å². The fourth-order valence-corrected chi connectivity index (χ4v) is 3.09. The summed E-state index contributed by atoms with van der Waals surface area (Å²) in [6, 6.07) is 16.8. The van der Waals surface area contributed by atoms with Gasteiger partial charge < -0.3 is 14.8 Å². The first-order valence-electron chi connectivity index (χ1n) is 8.67. The number of fused-ring (bicyclic) bond motifs is 1. The van der Waals surface area contributed by atoms with Gasteiger partial charge in [0.15, 0.2) is 0 Å². The fourth-order valence-electron chi connectivity index (χ4n) is 3.09. The van der Waals surface area contributed by atoms with Crippen LogP contribution in [0.1, 0.15) is 5.56 Å². The van der Waals surface area contributed by atoms with Gasteiger partial charge in [0.2, 0.25) is 0 Å². The quantitative estimate of drug-likeness (QED) is 0.379. The molecule has 0 saturated heterocycles. The van der Waals surface area contributed by atoms with Crippen molar-refractivity contribution in [2.75, 3.05) is 19.5 Å². The van der Waals surface area contributed by atoms with Crippen LogP contribution in [0.25, 0.3) is 10.8 Å². The predicted octanol–water partition coefficient (Wildman–Crippen LogP) is 3.95. The van der Waals surface area contributed by atoms with Crippen LogP contribution in [0.5, 0.6) is 5.75 Å². The van der Waals surface area contributed by atoms with E-state index in [1.807, 2.05) is 24.3 Å². The average Bonchev–Trinajstić information content (AvgIpc) is 2.73. The number of benzene rings is 3. The highest BCUT2D eigenvalue weighted by molar-refractivity contribution is 6.00. The molecule has 1 atom stereocenters. The number of nitrogens with one attached hydrogen (secondary N) is 1. The summed E-state index contributed by atoms with van der Waals surface area (Å²) in [5.74, 6) is 0.311. The molecule has 1 N–H and O–H groups in total. The van der Waals surface area contributed by atoms with Gasteiger partial charge in [0.05, 0.1) is 24.5 Å². The van der Waals surface area contributed by atoms with Crippen LogP contribution in [0, 0.1) is 10.1 Å². The first kappa shape index (κ1) is 19.2. The Labute approximate surface area is 162 Å². The second kappa shape index (κ2) is 8.39. The first-order valence-corrected chi connectivity index (χ1v) is 8.67. The van der Waals surface area contributed by atoms with Crippen molar-refractivity contribution < 1.29 is 19.2 Å². The van der Waals surface area contributed by atoms with E-state index in [-0.39, 0.29) is 5.69 Å². The van der Waals surface area contributed by atoms with E-state index in [9.17, 15) is 14.9 Å². The molecule has 0 aliphatic rings. The molecule has 7 heteroatoms. The SMILES string of the molecule is COC(=O)[C@H](Cc1ccc(OC)cc1)Nc1ccc([N+](=O)[O-])c2ccccc12. The summed E-state index contributed by atoms with van der Waals surface area (Å²) in [4.78, 5) is 23.2. The molecular formula is C21H20N2O5. The van der Waals surface area contributed by atoms with Crippen LogP contribution in [0.15, 0.2) is 60.7 Å². The Morgan fingerprint density at radius 3 is 2.32 bits per heavy atom. The highest BCUT2D eigenvalue weighted by atomic mass is 16.6. The topological polar surface area (TPSA) is 90.7 Å². The number of rotatable bonds is 7. The molecule has 0 aliphatic carbocycles. The van der Waals surface area contributed by atoms with Crippen LogP contribution < -0.4 is 10.1 Å². The third-order valence-electron chi connectivity index (χ3n) is 4.51. The van der Waals surface area contributed by atoms with Crippen molar-refractivity contribution >= 4 is 28.1 Å². The molecule has 0 aromatic heterocycles. The van der Waals surface area contributed by atoms with Crippen LogP contribution in [0.3, 0.4) is 0 Å². The molecule has 28 heavy (non-hydrogen) atoms. The Kier molecular flexibility index (Phi) is 5.74. The fraction of sp³-hybridized carbons (Fsp3) is 0.190. The normalized spacial score (nSPS) is 11.6. The lowest BCUT2D eigenvalue weighted by Gasteiger charge is -2.19. The number of nitrogens with zero attached hydrogens (tertiary/aromatic N) is 1. The van der Waals surface area contributed by atoms with Crippen LogP contribution in [-0.4, -0.2) is 31.2 Å². The van der Waals surface area contributed by atoms with Crippen molar-refractivity contribution in [3.05, 3.63) is 76.3 Å². The maximum atomic E-state index is 12.3. The third-order valence-corrected chi connectivity index (χ3v) is 4.51. The highest BCUT2D eigenvalue weighted by Gasteiger charge is 2.22. The summed E-state index contributed by atoms with van der Waals surface area (Å²) in [5.41, 5.74) is 1.57. The van der Waals surface area contributed by atoms with Crippen molar-refractivity contribution in [1.82, 2.24) is 0 Å². The number of hydrogen-bond acceptors (Lipinski definition) is 6. The zero-order valence-electron chi connectivity index (χ0n) is 15.5. The van der Waals surface area contributed by atoms with Gasteiger partial charge in [0.1, 0.15) is 11.8 Å². The summed E-state index contributed by atoms with van der Waals surface area (Å²) in [6.45, 7) is 0. The zero-order valence-corrected chi connectivity index (χ0v) is 15.5. The van der Waals surface area contributed by atoms with Gasteiger partial charge in [-0.2, -0.15) is 0 Å². The molecule has 0 radical (unpaired) electrons. The largest absolute Gasteiger partial charge is 0.497 e. The lowest BCUT2D eigenvalue weighted by molar-refractivity contribution is -0.383. The summed E-state index contributed by atoms with van der Waals surface area (Å²) >= 11 is 0. The van der Waals surface area contributed by atoms with Gasteiger partial charge in [-0.3, -0.25) is 10.1 Å². The maximum absolute atomic E-state index is 12.3. The third kappa shape index (κ3) is 4.03. The lowest BCUT2D eigenvalue weighted by atomic mass is 10.0. The van der Waals surface area contributed by atoms with Gasteiger partial charge in [-0.25, -0.2) is 4.79 Å². The van der Waals surface area contributed by atoms with E-state index in [1.165, 1.54) is 13.2 Å². The van der Waals surface area contributed by atoms with Crippen molar-refractivity contribution in [2.45, 2.75) is 12.5 Å². The number of methoxy groups -OCH3 is 2. The molecule has 0 amide bonds. The van der Waals surface area contributed by atoms with Gasteiger partial charge in [-0.1, -0.05) is 30.3 Å². The maximum Gasteiger partial charge on any atom is 0.328 e. The predicted molar refractivity (Wildman–Crippen MR) is 107 cm³/mol. The van der Waals surface area contributed by atoms with Gasteiger partial charge in [0.25, 0.3) is 5.69 Å². The van der Waals surface area contributed by atoms with Gasteiger partial charge in [-0.15, -0.1) is 0 Å². The Morgan fingerprint density at radius 1 is 1.04 bits per heavy atom. The molecule has 0 fully saturated rings. The van der Waals surface area contributed by atoms with Gasteiger partial charge in [-0.05, 0) is 29.8 Å². The van der Waals surface area contributed by atoms with E-state index in [4.69, 9.17) is 9.47 Å². The Morgan fingerprint density at radius 2 is 1.71 bits per heavy atom. The van der Waals surface area contributed by atoms with Crippen LogP contribution in [0.4, 0.5) is 11.4 Å². The average molecular weight is 380 g/mol. The number of nitro benzene ring substituents is 1. The van der Waals surface area contributed by atoms with Crippen LogP contribution >= 0.6 is 0 Å². The molecule has 7 nitrogen and oxygen atoms in total. The number of ether oxygens (including phenoxy) is 2. The molecule has 144 valence electrons. The van der Waals surface area contributed by atoms with Crippen molar-refractivity contribution in [3.63, 3.8) is 0 Å². The summed E-state index contributed by atoms with van der Waals surface area (Å²) in [7, 11) is 2.92. The second-order valence-corrected chi connectivity index (χ2v) is 6.21. The zero-order chi connectivity index (χ0) is 20.1. The first-order chi connectivity index (χ1) is 13.5. The Bertz CT molecular complexity index is 1000. The molecule has 0 heterocycles. The number of esters is 1. The molecular weight excluding hydrogens is 360 g/mol. The summed E-state index contributed by atoms with van der Waals surface area (Å²) in [6.07, 6.45) is 0.391. The molecule has 0 bridgehead atoms. The number of nitro groups is 1. The Hall–Kier alpha value is -3.61. The molecule has 0 aliphatic heterocycles. The van der Waals surface area contributed by atoms with E-state index in [1.54, 1.807) is 37.4 Å². The monoisotopic (exact) mass is 380 g/mol. The molecule has 0 saturated carbocycles. The lowest BCUT2D eigenvalue weighted by Crippen LogP contribution is -2.32. The number of carbonyl (C=O) groups excluding carboxylic acids is 1. The number of non-ortho nitro benzene ring substituents is 1. The standard InChI is InChI=1S/C21H20N2O5/c1-27-15-9-7-14(8-10-15)13-19(21(24)28-2)22-18-11-12-20(23(25)26)17-6-4-3-5-16(17)18/h3-12,19,22H,13H2,1-2H3/t19-/m0/s1. The summed E-state index contributed by atoms with van der Waals surface area (Å²) in [5, 5.41) is 15.7. The smallest absolute Gasteiger partial charge is 0.328 e.